The van der Waals surface area contributed by atoms with E-state index in [1.165, 1.54) is 0 Å². The van der Waals surface area contributed by atoms with E-state index in [2.05, 4.69) is 21.4 Å². The number of carboxylic acids is 1. The summed E-state index contributed by atoms with van der Waals surface area (Å²) in [5.41, 5.74) is 7.05. The Morgan fingerprint density at radius 1 is 1.00 bits per heavy atom. The fourth-order valence-electron chi connectivity index (χ4n) is 2.76. The summed E-state index contributed by atoms with van der Waals surface area (Å²) in [6.45, 7) is 2.01. The molecule has 5 nitrogen and oxygen atoms in total. The highest BCUT2D eigenvalue weighted by atomic mass is 79.9. The van der Waals surface area contributed by atoms with Gasteiger partial charge in [-0.1, -0.05) is 45.8 Å². The van der Waals surface area contributed by atoms with E-state index in [1.54, 1.807) is 28.9 Å². The van der Waals surface area contributed by atoms with Gasteiger partial charge in [0.05, 0.1) is 12.1 Å². The molecule has 0 fully saturated rings. The number of nitrogens with one attached hydrogen (secondary N) is 1. The molecule has 1 heterocycles. The minimum Gasteiger partial charge on any atom is -0.481 e. The smallest absolute Gasteiger partial charge is 0.303 e. The van der Waals surface area contributed by atoms with Crippen molar-refractivity contribution >= 4 is 27.8 Å². The maximum absolute atomic E-state index is 12.7. The molecule has 1 aromatic heterocycles. The van der Waals surface area contributed by atoms with Crippen LogP contribution in [0.3, 0.4) is 0 Å². The third-order valence-electron chi connectivity index (χ3n) is 4.22. The van der Waals surface area contributed by atoms with Crippen molar-refractivity contribution in [1.29, 1.82) is 0 Å². The van der Waals surface area contributed by atoms with Crippen LogP contribution in [0.5, 0.6) is 0 Å². The first-order valence-electron chi connectivity index (χ1n) is 8.50. The number of amides is 1. The molecule has 0 saturated heterocycles. The number of benzene rings is 2. The number of hydrogen-bond donors (Lipinski definition) is 2. The summed E-state index contributed by atoms with van der Waals surface area (Å²) in [5.74, 6) is -1.14. The zero-order valence-corrected chi connectivity index (χ0v) is 16.4. The molecular formula is C21H19BrN2O3. The fourth-order valence-corrected chi connectivity index (χ4v) is 3.02. The lowest BCUT2D eigenvalue weighted by Gasteiger charge is -2.15. The Bertz CT molecular complexity index is 960. The molecule has 0 saturated carbocycles. The van der Waals surface area contributed by atoms with Gasteiger partial charge in [-0.2, -0.15) is 0 Å². The summed E-state index contributed by atoms with van der Waals surface area (Å²) < 4.78 is 2.57. The van der Waals surface area contributed by atoms with E-state index in [9.17, 15) is 9.59 Å². The maximum atomic E-state index is 12.7. The van der Waals surface area contributed by atoms with Gasteiger partial charge in [-0.25, -0.2) is 0 Å². The molecule has 1 amide bonds. The molecule has 0 atom stereocenters. The zero-order chi connectivity index (χ0) is 19.4. The highest BCUT2D eigenvalue weighted by Crippen LogP contribution is 2.23. The van der Waals surface area contributed by atoms with Crippen molar-refractivity contribution < 1.29 is 14.7 Å². The quantitative estimate of drug-likeness (QED) is 0.603. The molecule has 27 heavy (non-hydrogen) atoms. The molecular weight excluding hydrogens is 408 g/mol. The number of aromatic nitrogens is 1. The number of carbonyl (C=O) groups is 2. The van der Waals surface area contributed by atoms with Crippen molar-refractivity contribution in [3.8, 4) is 11.3 Å². The molecule has 0 spiro atoms. The van der Waals surface area contributed by atoms with Gasteiger partial charge >= 0.3 is 5.97 Å². The summed E-state index contributed by atoms with van der Waals surface area (Å²) in [6, 6.07) is 18.8. The van der Waals surface area contributed by atoms with E-state index in [0.29, 0.717) is 12.0 Å². The van der Waals surface area contributed by atoms with Gasteiger partial charge in [0.25, 0.3) is 5.91 Å². The largest absolute Gasteiger partial charge is 0.481 e. The van der Waals surface area contributed by atoms with Gasteiger partial charge in [-0.3, -0.25) is 19.7 Å². The topological polar surface area (TPSA) is 71.3 Å². The van der Waals surface area contributed by atoms with Crippen LogP contribution in [0.2, 0.25) is 0 Å². The summed E-state index contributed by atoms with van der Waals surface area (Å²) in [4.78, 5) is 23.7. The molecule has 2 aromatic carbocycles. The average Bonchev–Trinajstić information content (AvgIpc) is 3.03. The van der Waals surface area contributed by atoms with Crippen molar-refractivity contribution in [3.05, 3.63) is 82.0 Å². The Labute approximate surface area is 165 Å². The van der Waals surface area contributed by atoms with Gasteiger partial charge in [-0.05, 0) is 43.3 Å². The third kappa shape index (κ3) is 4.65. The van der Waals surface area contributed by atoms with Crippen LogP contribution in [0.15, 0.2) is 65.1 Å². The normalized spacial score (nSPS) is 10.6. The summed E-state index contributed by atoms with van der Waals surface area (Å²) in [5, 5.41) is 9.00. The first kappa shape index (κ1) is 18.9. The molecule has 2 N–H and O–H groups in total. The van der Waals surface area contributed by atoms with Crippen molar-refractivity contribution in [2.24, 2.45) is 0 Å². The van der Waals surface area contributed by atoms with Crippen LogP contribution in [0, 0.1) is 6.92 Å². The van der Waals surface area contributed by atoms with E-state index in [1.807, 2.05) is 43.3 Å². The van der Waals surface area contributed by atoms with E-state index in [0.717, 1.165) is 27.0 Å². The molecule has 0 aliphatic heterocycles. The van der Waals surface area contributed by atoms with E-state index in [-0.39, 0.29) is 12.3 Å². The monoisotopic (exact) mass is 426 g/mol. The predicted octanol–water partition coefficient (Wildman–Crippen LogP) is 4.63. The van der Waals surface area contributed by atoms with Gasteiger partial charge in [-0.15, -0.1) is 0 Å². The number of hydrogen-bond acceptors (Lipinski definition) is 2. The van der Waals surface area contributed by atoms with Crippen LogP contribution in [-0.2, 0) is 11.2 Å². The number of aryl methyl sites for hydroxylation is 2. The van der Waals surface area contributed by atoms with E-state index in [4.69, 9.17) is 5.11 Å². The molecule has 6 heteroatoms. The van der Waals surface area contributed by atoms with Crippen LogP contribution in [-0.4, -0.2) is 21.7 Å². The molecule has 0 bridgehead atoms. The number of halogens is 1. The number of carboxylic acid groups (broad SMARTS) is 1. The van der Waals surface area contributed by atoms with Crippen LogP contribution in [0.25, 0.3) is 11.3 Å². The van der Waals surface area contributed by atoms with Crippen molar-refractivity contribution in [3.63, 3.8) is 0 Å². The summed E-state index contributed by atoms with van der Waals surface area (Å²) in [7, 11) is 0. The van der Waals surface area contributed by atoms with Crippen molar-refractivity contribution in [2.45, 2.75) is 19.8 Å². The Kier molecular flexibility index (Phi) is 5.76. The van der Waals surface area contributed by atoms with E-state index < -0.39 is 5.97 Å². The Morgan fingerprint density at radius 3 is 2.30 bits per heavy atom. The number of aliphatic carboxylic acids is 1. The second kappa shape index (κ2) is 8.22. The van der Waals surface area contributed by atoms with Gasteiger partial charge in [0.2, 0.25) is 0 Å². The Hall–Kier alpha value is -2.86. The molecule has 0 aliphatic rings. The Balaban J connectivity index is 1.95. The standard InChI is InChI=1S/C21H19BrN2O3/c1-14-2-4-15(5-3-14)19-12-10-18(11-13-20(25)26)24(19)23-21(27)16-6-8-17(22)9-7-16/h2-10,12H,11,13H2,1H3,(H,23,27)(H,25,26). The minimum absolute atomic E-state index is 0.00843. The second-order valence-corrected chi connectivity index (χ2v) is 7.17. The number of rotatable bonds is 6. The van der Waals surface area contributed by atoms with Crippen molar-refractivity contribution in [2.75, 3.05) is 5.43 Å². The Morgan fingerprint density at radius 2 is 1.67 bits per heavy atom. The second-order valence-electron chi connectivity index (χ2n) is 6.25. The van der Waals surface area contributed by atoms with Crippen LogP contribution in [0.4, 0.5) is 0 Å². The highest BCUT2D eigenvalue weighted by Gasteiger charge is 2.15. The van der Waals surface area contributed by atoms with Gasteiger partial charge in [0.15, 0.2) is 0 Å². The van der Waals surface area contributed by atoms with Gasteiger partial charge < -0.3 is 5.11 Å². The lowest BCUT2D eigenvalue weighted by Crippen LogP contribution is -2.25. The van der Waals surface area contributed by atoms with Crippen LogP contribution in [0.1, 0.15) is 28.0 Å². The SMILES string of the molecule is Cc1ccc(-c2ccc(CCC(=O)O)n2NC(=O)c2ccc(Br)cc2)cc1. The van der Waals surface area contributed by atoms with Crippen LogP contribution >= 0.6 is 15.9 Å². The van der Waals surface area contributed by atoms with Crippen molar-refractivity contribution in [1.82, 2.24) is 4.68 Å². The average molecular weight is 427 g/mol. The fraction of sp³-hybridized carbons (Fsp3) is 0.143. The molecule has 0 radical (unpaired) electrons. The lowest BCUT2D eigenvalue weighted by molar-refractivity contribution is -0.136. The number of carbonyl (C=O) groups excluding carboxylic acids is 1. The van der Waals surface area contributed by atoms with Crippen LogP contribution < -0.4 is 5.43 Å². The summed E-state index contributed by atoms with van der Waals surface area (Å²) >= 11 is 3.36. The minimum atomic E-state index is -0.876. The molecule has 138 valence electrons. The zero-order valence-electron chi connectivity index (χ0n) is 14.8. The third-order valence-corrected chi connectivity index (χ3v) is 4.75. The molecule has 3 aromatic rings. The highest BCUT2D eigenvalue weighted by molar-refractivity contribution is 9.10. The van der Waals surface area contributed by atoms with Gasteiger partial charge in [0, 0.05) is 27.7 Å². The molecule has 3 rings (SSSR count). The molecule has 0 unspecified atom stereocenters. The predicted molar refractivity (Wildman–Crippen MR) is 108 cm³/mol. The number of nitrogens with zero attached hydrogens (tertiary/aromatic N) is 1. The lowest BCUT2D eigenvalue weighted by atomic mass is 10.1. The summed E-state index contributed by atoms with van der Waals surface area (Å²) in [6.07, 6.45) is 0.313. The first-order chi connectivity index (χ1) is 12.9. The maximum Gasteiger partial charge on any atom is 0.303 e. The molecule has 0 aliphatic carbocycles. The van der Waals surface area contributed by atoms with E-state index >= 15 is 0 Å². The van der Waals surface area contributed by atoms with Gasteiger partial charge in [0.1, 0.15) is 0 Å². The first-order valence-corrected chi connectivity index (χ1v) is 9.30.